The van der Waals surface area contributed by atoms with Crippen molar-refractivity contribution in [2.45, 2.75) is 45.1 Å². The fraction of sp³-hybridized carbons (Fsp3) is 1.00. The molecular formula is C10H23N3O2. The molecule has 90 valence electrons. The van der Waals surface area contributed by atoms with Gasteiger partial charge in [-0.25, -0.2) is 5.90 Å². The van der Waals surface area contributed by atoms with Crippen LogP contribution in [0, 0.1) is 5.92 Å². The lowest BCUT2D eigenvalue weighted by Crippen LogP contribution is -2.46. The number of nitrogens with one attached hydrogen (secondary N) is 1. The quantitative estimate of drug-likeness (QED) is 0.316. The van der Waals surface area contributed by atoms with E-state index in [4.69, 9.17) is 16.4 Å². The molecule has 3 unspecified atom stereocenters. The van der Waals surface area contributed by atoms with Gasteiger partial charge in [0.1, 0.15) is 12.3 Å². The number of nitrogens with two attached hydrogens (primary N) is 2. The molecule has 1 rings (SSSR count). The van der Waals surface area contributed by atoms with Crippen molar-refractivity contribution in [1.82, 2.24) is 5.32 Å². The van der Waals surface area contributed by atoms with E-state index in [1.54, 1.807) is 0 Å². The molecule has 0 aromatic heterocycles. The Balaban J connectivity index is 2.23. The Hall–Kier alpha value is -0.200. The predicted octanol–water partition coefficient (Wildman–Crippen LogP) is -0.0453. The standard InChI is InChI=1S/C10H23N3O2/c1-7(2)6-10(3,11)8-9(15-8)13-4-5-14-12/h7-9,13H,4-6,11-12H2,1-3H3. The molecule has 15 heavy (non-hydrogen) atoms. The minimum Gasteiger partial charge on any atom is -0.351 e. The normalized spacial score (nSPS) is 29.2. The molecule has 1 heterocycles. The van der Waals surface area contributed by atoms with E-state index in [0.717, 1.165) is 6.42 Å². The van der Waals surface area contributed by atoms with Crippen LogP contribution >= 0.6 is 0 Å². The third-order valence-electron chi connectivity index (χ3n) is 2.56. The highest BCUT2D eigenvalue weighted by Crippen LogP contribution is 2.32. The van der Waals surface area contributed by atoms with Crippen molar-refractivity contribution in [3.8, 4) is 0 Å². The van der Waals surface area contributed by atoms with Crippen LogP contribution in [0.4, 0.5) is 0 Å². The molecule has 0 bridgehead atoms. The van der Waals surface area contributed by atoms with Crippen molar-refractivity contribution in [2.75, 3.05) is 13.2 Å². The first-order valence-corrected chi connectivity index (χ1v) is 5.47. The van der Waals surface area contributed by atoms with E-state index in [2.05, 4.69) is 24.0 Å². The Bertz CT molecular complexity index is 197. The van der Waals surface area contributed by atoms with Gasteiger partial charge in [-0.1, -0.05) is 13.8 Å². The number of rotatable bonds is 7. The highest BCUT2D eigenvalue weighted by Gasteiger charge is 2.49. The predicted molar refractivity (Wildman–Crippen MR) is 58.9 cm³/mol. The van der Waals surface area contributed by atoms with Gasteiger partial charge in [-0.2, -0.15) is 0 Å². The van der Waals surface area contributed by atoms with Gasteiger partial charge in [0.2, 0.25) is 0 Å². The van der Waals surface area contributed by atoms with Gasteiger partial charge in [0.05, 0.1) is 6.61 Å². The van der Waals surface area contributed by atoms with E-state index in [1.165, 1.54) is 0 Å². The monoisotopic (exact) mass is 217 g/mol. The molecular weight excluding hydrogens is 194 g/mol. The highest BCUT2D eigenvalue weighted by molar-refractivity contribution is 5.01. The summed E-state index contributed by atoms with van der Waals surface area (Å²) < 4.78 is 5.50. The zero-order valence-corrected chi connectivity index (χ0v) is 9.82. The molecule has 0 spiro atoms. The number of hydrogen-bond donors (Lipinski definition) is 3. The van der Waals surface area contributed by atoms with Gasteiger partial charge in [0, 0.05) is 12.1 Å². The molecule has 5 nitrogen and oxygen atoms in total. The zero-order chi connectivity index (χ0) is 11.5. The molecule has 1 aliphatic rings. The van der Waals surface area contributed by atoms with E-state index >= 15 is 0 Å². The molecule has 0 aliphatic carbocycles. The minimum absolute atomic E-state index is 0.0638. The maximum atomic E-state index is 6.20. The minimum atomic E-state index is -0.255. The smallest absolute Gasteiger partial charge is 0.137 e. The van der Waals surface area contributed by atoms with Gasteiger partial charge in [0.15, 0.2) is 0 Å². The van der Waals surface area contributed by atoms with Crippen LogP contribution in [-0.2, 0) is 9.57 Å². The van der Waals surface area contributed by atoms with E-state index in [1.807, 2.05) is 6.92 Å². The maximum Gasteiger partial charge on any atom is 0.137 e. The first-order valence-electron chi connectivity index (χ1n) is 5.47. The molecule has 3 atom stereocenters. The Kier molecular flexibility index (Phi) is 4.48. The fourth-order valence-corrected chi connectivity index (χ4v) is 2.02. The molecule has 0 radical (unpaired) electrons. The second kappa shape index (κ2) is 5.23. The van der Waals surface area contributed by atoms with E-state index in [9.17, 15) is 0 Å². The Morgan fingerprint density at radius 2 is 2.20 bits per heavy atom. The van der Waals surface area contributed by atoms with Crippen LogP contribution in [0.2, 0.25) is 0 Å². The molecule has 0 aromatic carbocycles. The molecule has 1 aliphatic heterocycles. The first-order chi connectivity index (χ1) is 6.97. The summed E-state index contributed by atoms with van der Waals surface area (Å²) in [5.74, 6) is 5.50. The second-order valence-electron chi connectivity index (χ2n) is 4.91. The van der Waals surface area contributed by atoms with Crippen LogP contribution in [-0.4, -0.2) is 31.0 Å². The molecule has 0 saturated carbocycles. The molecule has 1 saturated heterocycles. The van der Waals surface area contributed by atoms with Crippen molar-refractivity contribution in [1.29, 1.82) is 0 Å². The average molecular weight is 217 g/mol. The van der Waals surface area contributed by atoms with Gasteiger partial charge in [-0.05, 0) is 19.3 Å². The summed E-state index contributed by atoms with van der Waals surface area (Å²) in [5.41, 5.74) is 5.94. The second-order valence-corrected chi connectivity index (χ2v) is 4.91. The van der Waals surface area contributed by atoms with Gasteiger partial charge in [-0.3, -0.25) is 5.32 Å². The van der Waals surface area contributed by atoms with Crippen molar-refractivity contribution < 1.29 is 9.57 Å². The molecule has 5 heteroatoms. The SMILES string of the molecule is CC(C)CC(C)(N)C1OC1NCCON. The van der Waals surface area contributed by atoms with Crippen LogP contribution in [0.1, 0.15) is 27.2 Å². The lowest BCUT2D eigenvalue weighted by atomic mass is 9.88. The number of hydrogen-bond acceptors (Lipinski definition) is 5. The zero-order valence-electron chi connectivity index (χ0n) is 9.82. The topological polar surface area (TPSA) is 85.8 Å². The Morgan fingerprint density at radius 3 is 2.73 bits per heavy atom. The van der Waals surface area contributed by atoms with E-state index in [0.29, 0.717) is 19.1 Å². The summed E-state index contributed by atoms with van der Waals surface area (Å²) >= 11 is 0. The highest BCUT2D eigenvalue weighted by atomic mass is 16.6. The van der Waals surface area contributed by atoms with Crippen molar-refractivity contribution in [3.63, 3.8) is 0 Å². The van der Waals surface area contributed by atoms with Crippen LogP contribution in [0.25, 0.3) is 0 Å². The van der Waals surface area contributed by atoms with Gasteiger partial charge < -0.3 is 15.3 Å². The Morgan fingerprint density at radius 1 is 1.53 bits per heavy atom. The summed E-state index contributed by atoms with van der Waals surface area (Å²) in [6.45, 7) is 7.54. The summed E-state index contributed by atoms with van der Waals surface area (Å²) in [6, 6.07) is 0. The molecule has 0 amide bonds. The lowest BCUT2D eigenvalue weighted by Gasteiger charge is -2.24. The van der Waals surface area contributed by atoms with Crippen molar-refractivity contribution in [2.24, 2.45) is 17.5 Å². The van der Waals surface area contributed by atoms with Gasteiger partial charge in [-0.15, -0.1) is 0 Å². The third kappa shape index (κ3) is 4.04. The van der Waals surface area contributed by atoms with Crippen molar-refractivity contribution >= 4 is 0 Å². The van der Waals surface area contributed by atoms with Gasteiger partial charge in [0.25, 0.3) is 0 Å². The first kappa shape index (κ1) is 12.9. The van der Waals surface area contributed by atoms with Crippen LogP contribution in [0.3, 0.4) is 0 Å². The maximum absolute atomic E-state index is 6.20. The third-order valence-corrected chi connectivity index (χ3v) is 2.56. The van der Waals surface area contributed by atoms with E-state index < -0.39 is 0 Å². The van der Waals surface area contributed by atoms with Crippen LogP contribution < -0.4 is 16.9 Å². The summed E-state index contributed by atoms with van der Waals surface area (Å²) in [6.07, 6.45) is 1.13. The number of ether oxygens (including phenoxy) is 1. The average Bonchev–Trinajstić information content (AvgIpc) is 2.82. The van der Waals surface area contributed by atoms with Crippen LogP contribution in [0.15, 0.2) is 0 Å². The summed E-state index contributed by atoms with van der Waals surface area (Å²) in [5, 5.41) is 3.18. The molecule has 5 N–H and O–H groups in total. The fourth-order valence-electron chi connectivity index (χ4n) is 2.02. The largest absolute Gasteiger partial charge is 0.351 e. The Labute approximate surface area is 91.4 Å². The van der Waals surface area contributed by atoms with Gasteiger partial charge >= 0.3 is 0 Å². The summed E-state index contributed by atoms with van der Waals surface area (Å²) in [4.78, 5) is 4.46. The lowest BCUT2D eigenvalue weighted by molar-refractivity contribution is 0.136. The van der Waals surface area contributed by atoms with Crippen molar-refractivity contribution in [3.05, 3.63) is 0 Å². The summed E-state index contributed by atoms with van der Waals surface area (Å²) in [7, 11) is 0. The van der Waals surface area contributed by atoms with Crippen LogP contribution in [0.5, 0.6) is 0 Å². The van der Waals surface area contributed by atoms with E-state index in [-0.39, 0.29) is 17.9 Å². The number of epoxide rings is 1. The molecule has 0 aromatic rings. The molecule has 1 fully saturated rings.